The molecule has 1 fully saturated rings. The average molecular weight is 482 g/mol. The summed E-state index contributed by atoms with van der Waals surface area (Å²) in [5.74, 6) is -0.390. The van der Waals surface area contributed by atoms with Crippen molar-refractivity contribution in [2.24, 2.45) is 7.05 Å². The third-order valence-electron chi connectivity index (χ3n) is 4.81. The van der Waals surface area contributed by atoms with Crippen LogP contribution in [0.3, 0.4) is 0 Å². The summed E-state index contributed by atoms with van der Waals surface area (Å²) in [6, 6.07) is 3.31. The van der Waals surface area contributed by atoms with Gasteiger partial charge in [-0.3, -0.25) is 9.58 Å². The minimum Gasteiger partial charge on any atom is -0.482 e. The van der Waals surface area contributed by atoms with Crippen LogP contribution in [0.15, 0.2) is 12.3 Å². The van der Waals surface area contributed by atoms with Gasteiger partial charge in [0.15, 0.2) is 5.75 Å². The lowest BCUT2D eigenvalue weighted by atomic mass is 10.00. The van der Waals surface area contributed by atoms with Crippen LogP contribution < -0.4 is 9.64 Å². The summed E-state index contributed by atoms with van der Waals surface area (Å²) in [4.78, 5) is 13.8. The summed E-state index contributed by atoms with van der Waals surface area (Å²) < 4.78 is 28.6. The predicted molar refractivity (Wildman–Crippen MR) is 103 cm³/mol. The average Bonchev–Trinajstić information content (AvgIpc) is 3.30. The standard InChI is InChI=1S/C18H16FIN4O3/c1-3-26-17(25)24-9-18(4-5-18)27-16-10(7-21)14(11(19)6-13(16)24)15-12(20)8-22-23(15)2/h6,8H,3-5,9H2,1-2H3. The fourth-order valence-electron chi connectivity index (χ4n) is 3.34. The van der Waals surface area contributed by atoms with E-state index >= 15 is 4.39 Å². The Hall–Kier alpha value is -2.35. The number of rotatable bonds is 2. The van der Waals surface area contributed by atoms with E-state index in [9.17, 15) is 10.1 Å². The Morgan fingerprint density at radius 3 is 2.85 bits per heavy atom. The Labute approximate surface area is 168 Å². The molecule has 7 nitrogen and oxygen atoms in total. The van der Waals surface area contributed by atoms with Crippen molar-refractivity contribution in [3.8, 4) is 23.1 Å². The molecule has 2 aromatic rings. The van der Waals surface area contributed by atoms with Crippen molar-refractivity contribution in [3.05, 3.63) is 27.2 Å². The van der Waals surface area contributed by atoms with Gasteiger partial charge in [0.25, 0.3) is 0 Å². The molecular weight excluding hydrogens is 466 g/mol. The van der Waals surface area contributed by atoms with E-state index in [1.165, 1.54) is 15.6 Å². The van der Waals surface area contributed by atoms with Crippen LogP contribution in [0.1, 0.15) is 25.3 Å². The van der Waals surface area contributed by atoms with Crippen LogP contribution in [0.4, 0.5) is 14.9 Å². The first-order valence-corrected chi connectivity index (χ1v) is 9.56. The minimum atomic E-state index is -0.614. The van der Waals surface area contributed by atoms with Crippen LogP contribution in [0.5, 0.6) is 5.75 Å². The number of hydrogen-bond acceptors (Lipinski definition) is 5. The lowest BCUT2D eigenvalue weighted by Gasteiger charge is -2.35. The van der Waals surface area contributed by atoms with Crippen molar-refractivity contribution in [3.63, 3.8) is 0 Å². The Balaban J connectivity index is 1.95. The Kier molecular flexibility index (Phi) is 4.25. The maximum Gasteiger partial charge on any atom is 0.414 e. The highest BCUT2D eigenvalue weighted by Gasteiger charge is 2.53. The summed E-state index contributed by atoms with van der Waals surface area (Å²) in [6.07, 6.45) is 2.57. The molecule has 27 heavy (non-hydrogen) atoms. The first-order valence-electron chi connectivity index (χ1n) is 8.48. The second kappa shape index (κ2) is 6.37. The van der Waals surface area contributed by atoms with Gasteiger partial charge >= 0.3 is 6.09 Å². The minimum absolute atomic E-state index is 0.0618. The summed E-state index contributed by atoms with van der Waals surface area (Å²) in [5.41, 5.74) is 0.379. The number of amides is 1. The molecular formula is C18H16FIN4O3. The fourth-order valence-corrected chi connectivity index (χ4v) is 4.08. The van der Waals surface area contributed by atoms with Gasteiger partial charge in [-0.1, -0.05) is 0 Å². The van der Waals surface area contributed by atoms with E-state index in [4.69, 9.17) is 9.47 Å². The molecule has 0 bridgehead atoms. The van der Waals surface area contributed by atoms with Crippen molar-refractivity contribution >= 4 is 34.4 Å². The van der Waals surface area contributed by atoms with Gasteiger partial charge < -0.3 is 9.47 Å². The fraction of sp³-hybridized carbons (Fsp3) is 0.389. The van der Waals surface area contributed by atoms with Crippen LogP contribution in [0.25, 0.3) is 11.3 Å². The molecule has 140 valence electrons. The number of anilines is 1. The van der Waals surface area contributed by atoms with E-state index in [0.717, 1.165) is 12.8 Å². The van der Waals surface area contributed by atoms with Gasteiger partial charge in [-0.25, -0.2) is 9.18 Å². The van der Waals surface area contributed by atoms with Gasteiger partial charge in [0.1, 0.15) is 23.1 Å². The number of aryl methyl sites for hydroxylation is 1. The normalized spacial score (nSPS) is 16.5. The number of nitrogens with zero attached hydrogens (tertiary/aromatic N) is 4. The third-order valence-corrected chi connectivity index (χ3v) is 5.60. The number of carbonyl (C=O) groups is 1. The molecule has 1 amide bonds. The highest BCUT2D eigenvalue weighted by molar-refractivity contribution is 14.1. The van der Waals surface area contributed by atoms with Gasteiger partial charge in [0.05, 0.1) is 39.9 Å². The van der Waals surface area contributed by atoms with Crippen molar-refractivity contribution in [1.82, 2.24) is 9.78 Å². The molecule has 2 aliphatic rings. The molecule has 1 spiro atoms. The van der Waals surface area contributed by atoms with Gasteiger partial charge in [-0.2, -0.15) is 10.4 Å². The van der Waals surface area contributed by atoms with E-state index in [1.54, 1.807) is 20.2 Å². The second-order valence-electron chi connectivity index (χ2n) is 6.60. The maximum absolute atomic E-state index is 15.1. The Morgan fingerprint density at radius 1 is 1.56 bits per heavy atom. The van der Waals surface area contributed by atoms with Crippen molar-refractivity contribution in [1.29, 1.82) is 5.26 Å². The molecule has 1 aliphatic heterocycles. The smallest absolute Gasteiger partial charge is 0.414 e. The number of nitriles is 1. The molecule has 0 radical (unpaired) electrons. The number of hydrogen-bond donors (Lipinski definition) is 0. The quantitative estimate of drug-likeness (QED) is 0.612. The number of ether oxygens (including phenoxy) is 2. The Morgan fingerprint density at radius 2 is 2.30 bits per heavy atom. The van der Waals surface area contributed by atoms with Crippen LogP contribution in [0.2, 0.25) is 0 Å². The van der Waals surface area contributed by atoms with Crippen LogP contribution in [-0.2, 0) is 11.8 Å². The zero-order valence-corrected chi connectivity index (χ0v) is 16.9. The van der Waals surface area contributed by atoms with E-state index in [1.807, 2.05) is 0 Å². The highest BCUT2D eigenvalue weighted by atomic mass is 127. The lowest BCUT2D eigenvalue weighted by Crippen LogP contribution is -2.45. The van der Waals surface area contributed by atoms with Gasteiger partial charge in [0.2, 0.25) is 0 Å². The molecule has 0 atom stereocenters. The first kappa shape index (κ1) is 18.0. The largest absolute Gasteiger partial charge is 0.482 e. The third kappa shape index (κ3) is 2.82. The SMILES string of the molecule is CCOC(=O)N1CC2(CC2)Oc2c1cc(F)c(-c1c(I)cnn1C)c2C#N. The zero-order chi connectivity index (χ0) is 19.3. The second-order valence-corrected chi connectivity index (χ2v) is 7.77. The highest BCUT2D eigenvalue weighted by Crippen LogP contribution is 2.52. The summed E-state index contributed by atoms with van der Waals surface area (Å²) >= 11 is 2.05. The molecule has 0 N–H and O–H groups in total. The summed E-state index contributed by atoms with van der Waals surface area (Å²) in [7, 11) is 1.69. The van der Waals surface area contributed by atoms with E-state index in [0.29, 0.717) is 9.26 Å². The number of carbonyl (C=O) groups excluding carboxylic acids is 1. The molecule has 9 heteroatoms. The molecule has 1 aromatic heterocycles. The predicted octanol–water partition coefficient (Wildman–Crippen LogP) is 3.59. The zero-order valence-electron chi connectivity index (χ0n) is 14.8. The van der Waals surface area contributed by atoms with E-state index in [-0.39, 0.29) is 35.7 Å². The molecule has 0 unspecified atom stereocenters. The molecule has 1 aromatic carbocycles. The monoisotopic (exact) mass is 482 g/mol. The Bertz CT molecular complexity index is 974. The lowest BCUT2D eigenvalue weighted by molar-refractivity contribution is 0.138. The molecule has 0 saturated heterocycles. The molecule has 2 heterocycles. The van der Waals surface area contributed by atoms with Crippen molar-refractivity contribution < 1.29 is 18.7 Å². The number of aromatic nitrogens is 2. The number of halogens is 2. The van der Waals surface area contributed by atoms with E-state index < -0.39 is 17.5 Å². The van der Waals surface area contributed by atoms with Gasteiger partial charge in [0, 0.05) is 13.1 Å². The summed E-state index contributed by atoms with van der Waals surface area (Å²) in [6.45, 7) is 2.20. The topological polar surface area (TPSA) is 80.4 Å². The molecule has 1 aliphatic carbocycles. The number of fused-ring (bicyclic) bond motifs is 1. The van der Waals surface area contributed by atoms with Gasteiger partial charge in [-0.05, 0) is 42.4 Å². The van der Waals surface area contributed by atoms with Crippen molar-refractivity contribution in [2.45, 2.75) is 25.4 Å². The van der Waals surface area contributed by atoms with Crippen LogP contribution in [0, 0.1) is 20.7 Å². The maximum atomic E-state index is 15.1. The summed E-state index contributed by atoms with van der Waals surface area (Å²) in [5, 5.41) is 14.0. The van der Waals surface area contributed by atoms with Gasteiger partial charge in [-0.15, -0.1) is 0 Å². The molecule has 4 rings (SSSR count). The molecule has 1 saturated carbocycles. The van der Waals surface area contributed by atoms with Crippen LogP contribution in [-0.4, -0.2) is 34.6 Å². The number of benzene rings is 1. The van der Waals surface area contributed by atoms with E-state index in [2.05, 4.69) is 33.8 Å². The first-order chi connectivity index (χ1) is 12.9. The van der Waals surface area contributed by atoms with Crippen molar-refractivity contribution in [2.75, 3.05) is 18.1 Å². The van der Waals surface area contributed by atoms with Crippen LogP contribution >= 0.6 is 22.6 Å².